The summed E-state index contributed by atoms with van der Waals surface area (Å²) < 4.78 is 0. The van der Waals surface area contributed by atoms with E-state index in [1.54, 1.807) is 12.1 Å². The quantitative estimate of drug-likeness (QED) is 0.609. The molecule has 0 radical (unpaired) electrons. The van der Waals surface area contributed by atoms with Gasteiger partial charge in [0.1, 0.15) is 0 Å². The molecule has 1 aromatic rings. The van der Waals surface area contributed by atoms with Gasteiger partial charge in [0.25, 0.3) is 5.91 Å². The van der Waals surface area contributed by atoms with Crippen LogP contribution in [-0.2, 0) is 0 Å². The standard InChI is InChI=1S/C13H17NOS/c1-4-5-10(3)14-13(15)12-8-11(16)7-6-9(12)2/h4,6-8,10,16H,1,5H2,2-3H3,(H,14,15). The summed E-state index contributed by atoms with van der Waals surface area (Å²) in [6.07, 6.45) is 2.57. The molecule has 1 unspecified atom stereocenters. The minimum atomic E-state index is -0.0530. The fourth-order valence-electron chi connectivity index (χ4n) is 1.47. The molecule has 0 aliphatic carbocycles. The highest BCUT2D eigenvalue weighted by Crippen LogP contribution is 2.14. The fraction of sp³-hybridized carbons (Fsp3) is 0.308. The van der Waals surface area contributed by atoms with Gasteiger partial charge in [-0.05, 0) is 38.0 Å². The molecule has 0 saturated heterocycles. The van der Waals surface area contributed by atoms with Crippen LogP contribution in [0, 0.1) is 6.92 Å². The number of amides is 1. The first-order valence-corrected chi connectivity index (χ1v) is 5.70. The summed E-state index contributed by atoms with van der Waals surface area (Å²) in [5.74, 6) is -0.0530. The molecule has 3 heteroatoms. The van der Waals surface area contributed by atoms with Crippen molar-refractivity contribution in [3.05, 3.63) is 42.0 Å². The van der Waals surface area contributed by atoms with E-state index in [4.69, 9.17) is 0 Å². The maximum atomic E-state index is 11.9. The maximum absolute atomic E-state index is 11.9. The molecular weight excluding hydrogens is 218 g/mol. The molecular formula is C13H17NOS. The Morgan fingerprint density at radius 3 is 2.94 bits per heavy atom. The van der Waals surface area contributed by atoms with Crippen molar-refractivity contribution in [2.45, 2.75) is 31.2 Å². The second kappa shape index (κ2) is 5.75. The lowest BCUT2D eigenvalue weighted by atomic mass is 10.1. The second-order valence-corrected chi connectivity index (χ2v) is 4.41. The summed E-state index contributed by atoms with van der Waals surface area (Å²) in [6.45, 7) is 7.52. The number of aryl methyl sites for hydroxylation is 1. The number of rotatable bonds is 4. The van der Waals surface area contributed by atoms with E-state index in [9.17, 15) is 4.79 Å². The fourth-order valence-corrected chi connectivity index (χ4v) is 1.67. The average Bonchev–Trinajstić information content (AvgIpc) is 2.21. The highest BCUT2D eigenvalue weighted by atomic mass is 32.1. The zero-order valence-electron chi connectivity index (χ0n) is 9.66. The number of carbonyl (C=O) groups is 1. The van der Waals surface area contributed by atoms with Crippen LogP contribution in [0.25, 0.3) is 0 Å². The Bertz CT molecular complexity index is 401. The topological polar surface area (TPSA) is 29.1 Å². The predicted octanol–water partition coefficient (Wildman–Crippen LogP) is 2.98. The van der Waals surface area contributed by atoms with Crippen LogP contribution in [-0.4, -0.2) is 11.9 Å². The van der Waals surface area contributed by atoms with Gasteiger partial charge in [-0.15, -0.1) is 19.2 Å². The molecule has 16 heavy (non-hydrogen) atoms. The Morgan fingerprint density at radius 1 is 1.62 bits per heavy atom. The molecule has 86 valence electrons. The molecule has 0 saturated carbocycles. The SMILES string of the molecule is C=CCC(C)NC(=O)c1cc(S)ccc1C. The third-order valence-corrected chi connectivity index (χ3v) is 2.64. The van der Waals surface area contributed by atoms with Crippen LogP contribution < -0.4 is 5.32 Å². The minimum absolute atomic E-state index is 0.0530. The molecule has 0 bridgehead atoms. The van der Waals surface area contributed by atoms with Gasteiger partial charge in [0.2, 0.25) is 0 Å². The van der Waals surface area contributed by atoms with Crippen molar-refractivity contribution in [1.82, 2.24) is 5.32 Å². The number of hydrogen-bond acceptors (Lipinski definition) is 2. The highest BCUT2D eigenvalue weighted by molar-refractivity contribution is 7.80. The Balaban J connectivity index is 2.80. The van der Waals surface area contributed by atoms with Gasteiger partial charge in [-0.2, -0.15) is 0 Å². The van der Waals surface area contributed by atoms with Crippen molar-refractivity contribution in [2.75, 3.05) is 0 Å². The number of thiol groups is 1. The van der Waals surface area contributed by atoms with Crippen molar-refractivity contribution in [3.63, 3.8) is 0 Å². The average molecular weight is 235 g/mol. The Hall–Kier alpha value is -1.22. The number of nitrogens with one attached hydrogen (secondary N) is 1. The number of hydrogen-bond donors (Lipinski definition) is 2. The van der Waals surface area contributed by atoms with Crippen LogP contribution >= 0.6 is 12.6 Å². The number of benzene rings is 1. The largest absolute Gasteiger partial charge is 0.349 e. The van der Waals surface area contributed by atoms with Gasteiger partial charge >= 0.3 is 0 Å². The Morgan fingerprint density at radius 2 is 2.31 bits per heavy atom. The molecule has 0 heterocycles. The van der Waals surface area contributed by atoms with E-state index in [2.05, 4.69) is 24.5 Å². The van der Waals surface area contributed by atoms with E-state index in [1.807, 2.05) is 26.0 Å². The zero-order valence-corrected chi connectivity index (χ0v) is 10.6. The molecule has 0 spiro atoms. The van der Waals surface area contributed by atoms with Crippen LogP contribution in [0.3, 0.4) is 0 Å². The molecule has 1 aromatic carbocycles. The molecule has 0 fully saturated rings. The second-order valence-electron chi connectivity index (χ2n) is 3.90. The van der Waals surface area contributed by atoms with Crippen LogP contribution in [0.1, 0.15) is 29.3 Å². The molecule has 0 aliphatic rings. The van der Waals surface area contributed by atoms with Gasteiger partial charge in [0.05, 0.1) is 0 Å². The summed E-state index contributed by atoms with van der Waals surface area (Å²) in [7, 11) is 0. The lowest BCUT2D eigenvalue weighted by Gasteiger charge is -2.13. The van der Waals surface area contributed by atoms with E-state index in [0.29, 0.717) is 5.56 Å². The van der Waals surface area contributed by atoms with Crippen LogP contribution in [0.2, 0.25) is 0 Å². The third kappa shape index (κ3) is 3.42. The minimum Gasteiger partial charge on any atom is -0.349 e. The first-order valence-electron chi connectivity index (χ1n) is 5.26. The summed E-state index contributed by atoms with van der Waals surface area (Å²) in [5.41, 5.74) is 1.64. The van der Waals surface area contributed by atoms with E-state index in [0.717, 1.165) is 16.9 Å². The predicted molar refractivity (Wildman–Crippen MR) is 70.2 cm³/mol. The van der Waals surface area contributed by atoms with Crippen LogP contribution in [0.5, 0.6) is 0 Å². The highest BCUT2D eigenvalue weighted by Gasteiger charge is 2.11. The van der Waals surface area contributed by atoms with Gasteiger partial charge in [0.15, 0.2) is 0 Å². The molecule has 0 aliphatic heterocycles. The Labute approximate surface area is 102 Å². The van der Waals surface area contributed by atoms with Crippen molar-refractivity contribution in [2.24, 2.45) is 0 Å². The molecule has 1 N–H and O–H groups in total. The number of carbonyl (C=O) groups excluding carboxylic acids is 1. The molecule has 1 amide bonds. The van der Waals surface area contributed by atoms with E-state index in [1.165, 1.54) is 0 Å². The first-order chi connectivity index (χ1) is 7.54. The maximum Gasteiger partial charge on any atom is 0.251 e. The van der Waals surface area contributed by atoms with Crippen LogP contribution in [0.15, 0.2) is 35.7 Å². The monoisotopic (exact) mass is 235 g/mol. The lowest BCUT2D eigenvalue weighted by molar-refractivity contribution is 0.0939. The van der Waals surface area contributed by atoms with Gasteiger partial charge < -0.3 is 5.32 Å². The smallest absolute Gasteiger partial charge is 0.251 e. The summed E-state index contributed by atoms with van der Waals surface area (Å²) in [4.78, 5) is 12.7. The van der Waals surface area contributed by atoms with Gasteiger partial charge in [0, 0.05) is 16.5 Å². The summed E-state index contributed by atoms with van der Waals surface area (Å²) in [5, 5.41) is 2.92. The zero-order chi connectivity index (χ0) is 12.1. The van der Waals surface area contributed by atoms with Crippen LogP contribution in [0.4, 0.5) is 0 Å². The van der Waals surface area contributed by atoms with Gasteiger partial charge in [-0.25, -0.2) is 0 Å². The molecule has 1 atom stereocenters. The van der Waals surface area contributed by atoms with E-state index < -0.39 is 0 Å². The normalized spacial score (nSPS) is 11.9. The van der Waals surface area contributed by atoms with Crippen molar-refractivity contribution >= 4 is 18.5 Å². The van der Waals surface area contributed by atoms with Crippen molar-refractivity contribution in [1.29, 1.82) is 0 Å². The summed E-state index contributed by atoms with van der Waals surface area (Å²) in [6, 6.07) is 5.67. The van der Waals surface area contributed by atoms with E-state index in [-0.39, 0.29) is 11.9 Å². The van der Waals surface area contributed by atoms with Gasteiger partial charge in [-0.3, -0.25) is 4.79 Å². The third-order valence-electron chi connectivity index (χ3n) is 2.36. The lowest BCUT2D eigenvalue weighted by Crippen LogP contribution is -2.32. The molecule has 0 aromatic heterocycles. The van der Waals surface area contributed by atoms with Crippen molar-refractivity contribution < 1.29 is 4.79 Å². The summed E-state index contributed by atoms with van der Waals surface area (Å²) >= 11 is 4.23. The van der Waals surface area contributed by atoms with Crippen molar-refractivity contribution in [3.8, 4) is 0 Å². The Kier molecular flexibility index (Phi) is 4.62. The van der Waals surface area contributed by atoms with Gasteiger partial charge in [-0.1, -0.05) is 12.1 Å². The molecule has 1 rings (SSSR count). The molecule has 2 nitrogen and oxygen atoms in total. The first kappa shape index (κ1) is 12.8. The van der Waals surface area contributed by atoms with E-state index >= 15 is 0 Å².